The van der Waals surface area contributed by atoms with Gasteiger partial charge in [0.15, 0.2) is 0 Å². The number of carbonyl (C=O) groups is 4. The highest BCUT2D eigenvalue weighted by molar-refractivity contribution is 5.86. The van der Waals surface area contributed by atoms with Crippen molar-refractivity contribution in [2.45, 2.75) is 95.1 Å². The average Bonchev–Trinajstić information content (AvgIpc) is 2.90. The van der Waals surface area contributed by atoms with Gasteiger partial charge in [-0.2, -0.15) is 0 Å². The Labute approximate surface area is 235 Å². The molecule has 0 atom stereocenters. The average molecular weight is 551 g/mol. The normalized spacial score (nSPS) is 11.0. The Morgan fingerprint density at radius 2 is 1.13 bits per heavy atom. The highest BCUT2D eigenvalue weighted by atomic mass is 16.6. The summed E-state index contributed by atoms with van der Waals surface area (Å²) in [6, 6.07) is 9.72. The molecule has 1 N–H and O–H groups in total. The SMILES string of the molecule is C=C(C)C(=O)OCCOC(=O)C(C)(C)CC.CCC(C)(C)C(=O)O.CCC(C)(C)C(=O)OCc1ccccc1. The van der Waals surface area contributed by atoms with E-state index in [0.29, 0.717) is 25.0 Å². The van der Waals surface area contributed by atoms with Gasteiger partial charge < -0.3 is 19.3 Å². The minimum absolute atomic E-state index is 0.0667. The molecule has 39 heavy (non-hydrogen) atoms. The van der Waals surface area contributed by atoms with Gasteiger partial charge in [-0.1, -0.05) is 57.7 Å². The fourth-order valence-electron chi connectivity index (χ4n) is 1.95. The largest absolute Gasteiger partial charge is 0.481 e. The molecular weight excluding hydrogens is 500 g/mol. The minimum atomic E-state index is -0.722. The first-order chi connectivity index (χ1) is 17.9. The lowest BCUT2D eigenvalue weighted by Gasteiger charge is -2.20. The van der Waals surface area contributed by atoms with Gasteiger partial charge in [0.25, 0.3) is 0 Å². The Hall–Kier alpha value is -3.16. The maximum absolute atomic E-state index is 11.6. The summed E-state index contributed by atoms with van der Waals surface area (Å²) in [6.45, 7) is 22.2. The monoisotopic (exact) mass is 550 g/mol. The molecule has 0 bridgehead atoms. The van der Waals surface area contributed by atoms with Gasteiger partial charge >= 0.3 is 23.9 Å². The zero-order valence-electron chi connectivity index (χ0n) is 25.6. The first kappa shape index (κ1) is 38.0. The van der Waals surface area contributed by atoms with Crippen LogP contribution in [0.4, 0.5) is 0 Å². The van der Waals surface area contributed by atoms with E-state index in [1.165, 1.54) is 0 Å². The van der Waals surface area contributed by atoms with Crippen molar-refractivity contribution in [3.8, 4) is 0 Å². The lowest BCUT2D eigenvalue weighted by Crippen LogP contribution is -2.27. The summed E-state index contributed by atoms with van der Waals surface area (Å²) in [5.74, 6) is -1.60. The Bertz CT molecular complexity index is 914. The van der Waals surface area contributed by atoms with Crippen molar-refractivity contribution in [3.05, 3.63) is 48.0 Å². The number of rotatable bonds is 12. The summed E-state index contributed by atoms with van der Waals surface area (Å²) in [6.07, 6.45) is 2.18. The van der Waals surface area contributed by atoms with Gasteiger partial charge in [0, 0.05) is 5.57 Å². The van der Waals surface area contributed by atoms with Crippen LogP contribution in [0, 0.1) is 16.2 Å². The lowest BCUT2D eigenvalue weighted by molar-refractivity contribution is -0.158. The molecule has 0 aliphatic rings. The van der Waals surface area contributed by atoms with Crippen molar-refractivity contribution in [1.82, 2.24) is 0 Å². The number of carboxylic acid groups (broad SMARTS) is 1. The third kappa shape index (κ3) is 16.4. The molecule has 0 aliphatic carbocycles. The van der Waals surface area contributed by atoms with Gasteiger partial charge in [-0.05, 0) is 73.3 Å². The van der Waals surface area contributed by atoms with E-state index in [9.17, 15) is 19.2 Å². The van der Waals surface area contributed by atoms with Gasteiger partial charge in [-0.25, -0.2) is 4.79 Å². The molecule has 0 spiro atoms. The van der Waals surface area contributed by atoms with Crippen molar-refractivity contribution in [2.24, 2.45) is 16.2 Å². The molecule has 0 fully saturated rings. The molecule has 1 aromatic rings. The second kappa shape index (κ2) is 18.2. The highest BCUT2D eigenvalue weighted by Gasteiger charge is 2.27. The maximum Gasteiger partial charge on any atom is 0.333 e. The predicted molar refractivity (Wildman–Crippen MR) is 153 cm³/mol. The summed E-state index contributed by atoms with van der Waals surface area (Å²) >= 11 is 0. The van der Waals surface area contributed by atoms with Crippen LogP contribution in [0.3, 0.4) is 0 Å². The van der Waals surface area contributed by atoms with Crippen molar-refractivity contribution < 1.29 is 38.5 Å². The zero-order chi connectivity index (χ0) is 30.9. The molecule has 0 radical (unpaired) electrons. The second-order valence-electron chi connectivity index (χ2n) is 11.1. The molecule has 0 saturated heterocycles. The van der Waals surface area contributed by atoms with Crippen LogP contribution >= 0.6 is 0 Å². The quantitative estimate of drug-likeness (QED) is 0.131. The smallest absolute Gasteiger partial charge is 0.333 e. The van der Waals surface area contributed by atoms with E-state index in [2.05, 4.69) is 6.58 Å². The fraction of sp³-hybridized carbons (Fsp3) is 0.613. The van der Waals surface area contributed by atoms with Gasteiger partial charge in [-0.3, -0.25) is 14.4 Å². The van der Waals surface area contributed by atoms with E-state index in [4.69, 9.17) is 19.3 Å². The fourth-order valence-corrected chi connectivity index (χ4v) is 1.95. The molecule has 1 aromatic carbocycles. The molecule has 1 rings (SSSR count). The molecule has 0 unspecified atom stereocenters. The Morgan fingerprint density at radius 1 is 0.718 bits per heavy atom. The number of aliphatic carboxylic acids is 1. The van der Waals surface area contributed by atoms with Crippen molar-refractivity contribution in [2.75, 3.05) is 13.2 Å². The number of carboxylic acids is 1. The Balaban J connectivity index is 0. The Morgan fingerprint density at radius 3 is 1.49 bits per heavy atom. The summed E-state index contributed by atoms with van der Waals surface area (Å²) in [5.41, 5.74) is -0.0504. The lowest BCUT2D eigenvalue weighted by atomic mass is 9.91. The predicted octanol–water partition coefficient (Wildman–Crippen LogP) is 6.76. The molecule has 8 nitrogen and oxygen atoms in total. The van der Waals surface area contributed by atoms with E-state index in [1.807, 2.05) is 78.8 Å². The van der Waals surface area contributed by atoms with Gasteiger partial charge in [0.05, 0.1) is 16.2 Å². The summed E-state index contributed by atoms with van der Waals surface area (Å²) < 4.78 is 15.0. The number of hydrogen-bond donors (Lipinski definition) is 1. The summed E-state index contributed by atoms with van der Waals surface area (Å²) in [4.78, 5) is 44.4. The van der Waals surface area contributed by atoms with Gasteiger partial charge in [0.1, 0.15) is 19.8 Å². The van der Waals surface area contributed by atoms with Gasteiger partial charge in [-0.15, -0.1) is 0 Å². The summed E-state index contributed by atoms with van der Waals surface area (Å²) in [7, 11) is 0. The number of benzene rings is 1. The van der Waals surface area contributed by atoms with Crippen LogP contribution in [0.25, 0.3) is 0 Å². The van der Waals surface area contributed by atoms with Crippen LogP contribution in [0.5, 0.6) is 0 Å². The molecule has 0 heterocycles. The van der Waals surface area contributed by atoms with Crippen LogP contribution in [-0.4, -0.2) is 42.2 Å². The van der Waals surface area contributed by atoms with Crippen LogP contribution in [0.1, 0.15) is 94.1 Å². The molecule has 0 aliphatic heterocycles. The van der Waals surface area contributed by atoms with E-state index >= 15 is 0 Å². The Kier molecular flexibility index (Phi) is 17.7. The highest BCUT2D eigenvalue weighted by Crippen LogP contribution is 2.22. The second-order valence-corrected chi connectivity index (χ2v) is 11.1. The number of hydrogen-bond acceptors (Lipinski definition) is 7. The topological polar surface area (TPSA) is 116 Å². The zero-order valence-corrected chi connectivity index (χ0v) is 25.6. The van der Waals surface area contributed by atoms with Crippen molar-refractivity contribution >= 4 is 23.9 Å². The third-order valence-electron chi connectivity index (χ3n) is 6.45. The molecular formula is C31H50O8. The van der Waals surface area contributed by atoms with Crippen LogP contribution in [0.2, 0.25) is 0 Å². The van der Waals surface area contributed by atoms with Gasteiger partial charge in [0.2, 0.25) is 0 Å². The standard InChI is InChI=1S/C13H18O2.C12H20O4.C6H12O2/c1-4-13(2,3)12(14)15-10-11-8-6-5-7-9-11;1-6-12(4,5)11(14)16-8-7-15-10(13)9(2)3;1-4-6(2,3)5(7)8/h5-9H,4,10H2,1-3H3;2,6-8H2,1,3-5H3;4H2,1-3H3,(H,7,8). The molecule has 222 valence electrons. The minimum Gasteiger partial charge on any atom is -0.481 e. The van der Waals surface area contributed by atoms with E-state index < -0.39 is 22.8 Å². The number of carbonyl (C=O) groups excluding carboxylic acids is 3. The summed E-state index contributed by atoms with van der Waals surface area (Å²) in [5, 5.41) is 8.44. The van der Waals surface area contributed by atoms with Crippen LogP contribution in [-0.2, 0) is 40.0 Å². The van der Waals surface area contributed by atoms with Crippen LogP contribution < -0.4 is 0 Å². The maximum atomic E-state index is 11.6. The third-order valence-corrected chi connectivity index (χ3v) is 6.45. The van der Waals surface area contributed by atoms with E-state index in [1.54, 1.807) is 20.8 Å². The first-order valence-corrected chi connectivity index (χ1v) is 13.3. The number of esters is 3. The molecule has 8 heteroatoms. The van der Waals surface area contributed by atoms with E-state index in [0.717, 1.165) is 12.0 Å². The molecule has 0 saturated carbocycles. The van der Waals surface area contributed by atoms with E-state index in [-0.39, 0.29) is 30.6 Å². The first-order valence-electron chi connectivity index (χ1n) is 13.3. The van der Waals surface area contributed by atoms with Crippen molar-refractivity contribution in [3.63, 3.8) is 0 Å². The molecule has 0 amide bonds. The van der Waals surface area contributed by atoms with Crippen molar-refractivity contribution in [1.29, 1.82) is 0 Å². The number of ether oxygens (including phenoxy) is 3. The molecule has 0 aromatic heterocycles. The van der Waals surface area contributed by atoms with Crippen LogP contribution in [0.15, 0.2) is 42.5 Å².